The lowest BCUT2D eigenvalue weighted by Crippen LogP contribution is -2.50. The number of hydrogen-bond acceptors (Lipinski definition) is 3. The maximum Gasteiger partial charge on any atom is 0.251 e. The Labute approximate surface area is 131 Å². The van der Waals surface area contributed by atoms with Gasteiger partial charge in [0.1, 0.15) is 0 Å². The number of morpholine rings is 1. The van der Waals surface area contributed by atoms with Crippen LogP contribution in [0.25, 0.3) is 0 Å². The van der Waals surface area contributed by atoms with Crippen LogP contribution in [-0.2, 0) is 17.6 Å². The molecule has 1 N–H and O–H groups in total. The molecule has 0 aromatic heterocycles. The second-order valence-corrected chi connectivity index (χ2v) is 6.79. The molecule has 118 valence electrons. The Morgan fingerprint density at radius 1 is 1.27 bits per heavy atom. The smallest absolute Gasteiger partial charge is 0.251 e. The lowest BCUT2D eigenvalue weighted by molar-refractivity contribution is -0.0461. The fourth-order valence-corrected chi connectivity index (χ4v) is 4.03. The third kappa shape index (κ3) is 2.77. The van der Waals surface area contributed by atoms with Crippen LogP contribution in [0.15, 0.2) is 18.2 Å². The monoisotopic (exact) mass is 300 g/mol. The summed E-state index contributed by atoms with van der Waals surface area (Å²) < 4.78 is 5.90. The van der Waals surface area contributed by atoms with Crippen molar-refractivity contribution >= 4 is 5.91 Å². The van der Waals surface area contributed by atoms with Gasteiger partial charge in [0.15, 0.2) is 0 Å². The predicted octanol–water partition coefficient (Wildman–Crippen LogP) is 1.77. The van der Waals surface area contributed by atoms with Crippen molar-refractivity contribution in [3.05, 3.63) is 34.9 Å². The van der Waals surface area contributed by atoms with Crippen molar-refractivity contribution in [1.29, 1.82) is 0 Å². The molecule has 1 amide bonds. The summed E-state index contributed by atoms with van der Waals surface area (Å²) in [7, 11) is 0. The van der Waals surface area contributed by atoms with Crippen LogP contribution in [0, 0.1) is 0 Å². The first-order chi connectivity index (χ1) is 10.8. The number of nitrogens with one attached hydrogen (secondary N) is 1. The summed E-state index contributed by atoms with van der Waals surface area (Å²) in [6, 6.07) is 6.75. The minimum absolute atomic E-state index is 0.0295. The SMILES string of the molecule is O=C(NC[C@@H]1CN2CCC[C@@H]2CO1)c1ccc2c(c1)CCC2. The standard InChI is InChI=1S/C18H24N2O2/c21-18(15-7-6-13-3-1-4-14(13)9-15)19-10-17-11-20-8-2-5-16(20)12-22-17/h6-7,9,16-17H,1-5,8,10-12H2,(H,19,21)/t16-,17-/m1/s1. The molecule has 22 heavy (non-hydrogen) atoms. The van der Waals surface area contributed by atoms with E-state index in [1.54, 1.807) is 0 Å². The second-order valence-electron chi connectivity index (χ2n) is 6.79. The maximum absolute atomic E-state index is 12.3. The van der Waals surface area contributed by atoms with Crippen LogP contribution >= 0.6 is 0 Å². The van der Waals surface area contributed by atoms with Crippen molar-refractivity contribution < 1.29 is 9.53 Å². The minimum Gasteiger partial charge on any atom is -0.373 e. The number of nitrogens with zero attached hydrogens (tertiary/aromatic N) is 1. The van der Waals surface area contributed by atoms with E-state index in [1.807, 2.05) is 6.07 Å². The number of ether oxygens (including phenoxy) is 1. The summed E-state index contributed by atoms with van der Waals surface area (Å²) in [6.45, 7) is 3.57. The van der Waals surface area contributed by atoms with Gasteiger partial charge in [0.2, 0.25) is 0 Å². The molecule has 2 aliphatic heterocycles. The van der Waals surface area contributed by atoms with Gasteiger partial charge in [-0.15, -0.1) is 0 Å². The van der Waals surface area contributed by atoms with E-state index in [2.05, 4.69) is 22.3 Å². The van der Waals surface area contributed by atoms with Crippen LogP contribution in [0.5, 0.6) is 0 Å². The number of benzene rings is 1. The third-order valence-corrected chi connectivity index (χ3v) is 5.31. The lowest BCUT2D eigenvalue weighted by Gasteiger charge is -2.35. The molecule has 1 aromatic rings. The van der Waals surface area contributed by atoms with Crippen molar-refractivity contribution in [3.63, 3.8) is 0 Å². The van der Waals surface area contributed by atoms with E-state index in [1.165, 1.54) is 36.9 Å². The van der Waals surface area contributed by atoms with Crippen LogP contribution in [0.3, 0.4) is 0 Å². The fourth-order valence-electron chi connectivity index (χ4n) is 4.03. The van der Waals surface area contributed by atoms with Gasteiger partial charge in [0.25, 0.3) is 5.91 Å². The lowest BCUT2D eigenvalue weighted by atomic mass is 10.1. The van der Waals surface area contributed by atoms with Gasteiger partial charge in [-0.3, -0.25) is 9.69 Å². The van der Waals surface area contributed by atoms with Gasteiger partial charge < -0.3 is 10.1 Å². The number of carbonyl (C=O) groups is 1. The molecule has 2 atom stereocenters. The first kappa shape index (κ1) is 14.2. The Bertz CT molecular complexity index is 572. The van der Waals surface area contributed by atoms with Gasteiger partial charge in [-0.1, -0.05) is 6.07 Å². The quantitative estimate of drug-likeness (QED) is 0.925. The zero-order chi connectivity index (χ0) is 14.9. The second kappa shape index (κ2) is 6.01. The summed E-state index contributed by atoms with van der Waals surface area (Å²) in [6.07, 6.45) is 6.15. The number of aryl methyl sites for hydroxylation is 2. The van der Waals surface area contributed by atoms with E-state index < -0.39 is 0 Å². The van der Waals surface area contributed by atoms with Gasteiger partial charge >= 0.3 is 0 Å². The van der Waals surface area contributed by atoms with Gasteiger partial charge in [0.05, 0.1) is 12.7 Å². The highest BCUT2D eigenvalue weighted by atomic mass is 16.5. The van der Waals surface area contributed by atoms with E-state index in [9.17, 15) is 4.79 Å². The molecule has 1 aromatic carbocycles. The Morgan fingerprint density at radius 2 is 2.18 bits per heavy atom. The first-order valence-corrected chi connectivity index (χ1v) is 8.55. The average Bonchev–Trinajstić information content (AvgIpc) is 3.19. The normalized spacial score (nSPS) is 27.5. The topological polar surface area (TPSA) is 41.6 Å². The molecule has 4 nitrogen and oxygen atoms in total. The average molecular weight is 300 g/mol. The van der Waals surface area contributed by atoms with Gasteiger partial charge in [-0.25, -0.2) is 0 Å². The van der Waals surface area contributed by atoms with Crippen LogP contribution in [0.4, 0.5) is 0 Å². The summed E-state index contributed by atoms with van der Waals surface area (Å²) in [4.78, 5) is 14.8. The molecule has 2 saturated heterocycles. The molecular formula is C18H24N2O2. The number of amides is 1. The van der Waals surface area contributed by atoms with E-state index in [4.69, 9.17) is 4.74 Å². The van der Waals surface area contributed by atoms with E-state index in [0.717, 1.165) is 31.6 Å². The molecule has 0 spiro atoms. The van der Waals surface area contributed by atoms with E-state index >= 15 is 0 Å². The van der Waals surface area contributed by atoms with Crippen LogP contribution in [0.1, 0.15) is 40.7 Å². The van der Waals surface area contributed by atoms with Gasteiger partial charge in [0, 0.05) is 24.7 Å². The van der Waals surface area contributed by atoms with E-state index in [0.29, 0.717) is 12.6 Å². The minimum atomic E-state index is 0.0295. The summed E-state index contributed by atoms with van der Waals surface area (Å²) in [5, 5.41) is 3.05. The molecule has 0 unspecified atom stereocenters. The number of rotatable bonds is 3. The molecular weight excluding hydrogens is 276 g/mol. The Morgan fingerprint density at radius 3 is 3.14 bits per heavy atom. The Hall–Kier alpha value is -1.39. The van der Waals surface area contributed by atoms with Crippen molar-refractivity contribution in [1.82, 2.24) is 10.2 Å². The van der Waals surface area contributed by atoms with Crippen molar-refractivity contribution in [2.24, 2.45) is 0 Å². The molecule has 3 aliphatic rings. The molecule has 1 aliphatic carbocycles. The molecule has 0 saturated carbocycles. The van der Waals surface area contributed by atoms with Crippen molar-refractivity contribution in [3.8, 4) is 0 Å². The number of carbonyl (C=O) groups excluding carboxylic acids is 1. The largest absolute Gasteiger partial charge is 0.373 e. The third-order valence-electron chi connectivity index (χ3n) is 5.31. The molecule has 2 heterocycles. The number of fused-ring (bicyclic) bond motifs is 2. The van der Waals surface area contributed by atoms with Crippen LogP contribution in [0.2, 0.25) is 0 Å². The summed E-state index contributed by atoms with van der Waals surface area (Å²) in [5.41, 5.74) is 3.55. The highest BCUT2D eigenvalue weighted by Gasteiger charge is 2.32. The fraction of sp³-hybridized carbons (Fsp3) is 0.611. The summed E-state index contributed by atoms with van der Waals surface area (Å²) >= 11 is 0. The molecule has 4 rings (SSSR count). The highest BCUT2D eigenvalue weighted by molar-refractivity contribution is 5.94. The Kier molecular flexibility index (Phi) is 3.89. The molecule has 0 radical (unpaired) electrons. The van der Waals surface area contributed by atoms with Gasteiger partial charge in [-0.05, 0) is 61.9 Å². The maximum atomic E-state index is 12.3. The Balaban J connectivity index is 1.32. The molecule has 4 heteroatoms. The summed E-state index contributed by atoms with van der Waals surface area (Å²) in [5.74, 6) is 0.0295. The molecule has 2 fully saturated rings. The number of hydrogen-bond donors (Lipinski definition) is 1. The predicted molar refractivity (Wildman–Crippen MR) is 85.1 cm³/mol. The van der Waals surface area contributed by atoms with E-state index in [-0.39, 0.29) is 12.0 Å². The van der Waals surface area contributed by atoms with Crippen molar-refractivity contribution in [2.45, 2.75) is 44.2 Å². The van der Waals surface area contributed by atoms with Crippen LogP contribution < -0.4 is 5.32 Å². The molecule has 0 bridgehead atoms. The van der Waals surface area contributed by atoms with Gasteiger partial charge in [-0.2, -0.15) is 0 Å². The first-order valence-electron chi connectivity index (χ1n) is 8.55. The highest BCUT2D eigenvalue weighted by Crippen LogP contribution is 2.23. The van der Waals surface area contributed by atoms with Crippen molar-refractivity contribution in [2.75, 3.05) is 26.2 Å². The van der Waals surface area contributed by atoms with Crippen LogP contribution in [-0.4, -0.2) is 49.2 Å². The zero-order valence-electron chi connectivity index (χ0n) is 13.0. The zero-order valence-corrected chi connectivity index (χ0v) is 13.0.